The Labute approximate surface area is 143 Å². The third kappa shape index (κ3) is 5.20. The second-order valence-corrected chi connectivity index (χ2v) is 5.83. The number of hydrogen-bond acceptors (Lipinski definition) is 4. The highest BCUT2D eigenvalue weighted by atomic mass is 79.9. The second-order valence-electron chi connectivity index (χ2n) is 4.91. The average Bonchev–Trinajstić information content (AvgIpc) is 2.55. The van der Waals surface area contributed by atoms with Crippen molar-refractivity contribution in [1.29, 1.82) is 0 Å². The summed E-state index contributed by atoms with van der Waals surface area (Å²) >= 11 is 3.44. The average molecular weight is 384 g/mol. The number of aliphatic hydroxyl groups is 1. The summed E-state index contributed by atoms with van der Waals surface area (Å²) in [6.07, 6.45) is 0. The van der Waals surface area contributed by atoms with Crippen LogP contribution in [0, 0.1) is 5.82 Å². The van der Waals surface area contributed by atoms with Gasteiger partial charge in [-0.25, -0.2) is 4.39 Å². The van der Waals surface area contributed by atoms with Gasteiger partial charge in [-0.1, -0.05) is 22.0 Å². The van der Waals surface area contributed by atoms with E-state index in [0.717, 1.165) is 21.3 Å². The number of halogens is 2. The lowest BCUT2D eigenvalue weighted by Gasteiger charge is -2.13. The summed E-state index contributed by atoms with van der Waals surface area (Å²) < 4.78 is 25.2. The van der Waals surface area contributed by atoms with Crippen LogP contribution in [0.1, 0.15) is 11.1 Å². The van der Waals surface area contributed by atoms with E-state index in [-0.39, 0.29) is 12.4 Å². The molecule has 2 rings (SSSR count). The van der Waals surface area contributed by atoms with Crippen molar-refractivity contribution in [3.8, 4) is 11.5 Å². The van der Waals surface area contributed by atoms with Gasteiger partial charge in [0.05, 0.1) is 13.7 Å². The monoisotopic (exact) mass is 383 g/mol. The minimum Gasteiger partial charge on any atom is -0.494 e. The summed E-state index contributed by atoms with van der Waals surface area (Å²) in [5.74, 6) is 0.544. The van der Waals surface area contributed by atoms with Gasteiger partial charge in [-0.15, -0.1) is 0 Å². The summed E-state index contributed by atoms with van der Waals surface area (Å²) in [5, 5.41) is 12.0. The van der Waals surface area contributed by atoms with Gasteiger partial charge in [0.15, 0.2) is 11.6 Å². The van der Waals surface area contributed by atoms with Gasteiger partial charge in [-0.05, 0) is 35.9 Å². The lowest BCUT2D eigenvalue weighted by atomic mass is 10.2. The van der Waals surface area contributed by atoms with Crippen LogP contribution >= 0.6 is 15.9 Å². The summed E-state index contributed by atoms with van der Waals surface area (Å²) in [4.78, 5) is 0. The van der Waals surface area contributed by atoms with Crippen molar-refractivity contribution in [3.05, 3.63) is 57.8 Å². The molecule has 4 nitrogen and oxygen atoms in total. The number of hydrogen-bond donors (Lipinski definition) is 2. The lowest BCUT2D eigenvalue weighted by Crippen LogP contribution is -2.18. The molecule has 124 valence electrons. The zero-order chi connectivity index (χ0) is 16.7. The summed E-state index contributed by atoms with van der Waals surface area (Å²) in [6.45, 7) is 1.49. The molecule has 0 bridgehead atoms. The third-order valence-electron chi connectivity index (χ3n) is 3.24. The Hall–Kier alpha value is -1.63. The van der Waals surface area contributed by atoms with Gasteiger partial charge in [0.25, 0.3) is 0 Å². The Morgan fingerprint density at radius 1 is 1.17 bits per heavy atom. The number of rotatable bonds is 8. The molecule has 0 unspecified atom stereocenters. The van der Waals surface area contributed by atoms with E-state index in [0.29, 0.717) is 19.7 Å². The molecule has 0 amide bonds. The van der Waals surface area contributed by atoms with E-state index in [1.165, 1.54) is 13.2 Å². The van der Waals surface area contributed by atoms with E-state index >= 15 is 0 Å². The molecule has 0 saturated carbocycles. The first-order valence-electron chi connectivity index (χ1n) is 7.19. The Morgan fingerprint density at radius 3 is 2.74 bits per heavy atom. The molecule has 2 aromatic rings. The van der Waals surface area contributed by atoms with Crippen molar-refractivity contribution in [2.24, 2.45) is 0 Å². The van der Waals surface area contributed by atoms with E-state index in [1.54, 1.807) is 12.1 Å². The van der Waals surface area contributed by atoms with Crippen LogP contribution in [0.5, 0.6) is 11.5 Å². The number of aliphatic hydroxyl groups excluding tert-OH is 1. The van der Waals surface area contributed by atoms with Gasteiger partial charge in [0.2, 0.25) is 0 Å². The number of benzene rings is 2. The van der Waals surface area contributed by atoms with Crippen LogP contribution in [0.4, 0.5) is 4.39 Å². The largest absolute Gasteiger partial charge is 0.494 e. The molecule has 0 aliphatic carbocycles. The first-order chi connectivity index (χ1) is 11.1. The van der Waals surface area contributed by atoms with Crippen molar-refractivity contribution in [3.63, 3.8) is 0 Å². The molecular formula is C17H19BrFNO3. The minimum absolute atomic E-state index is 0.0829. The zero-order valence-electron chi connectivity index (χ0n) is 12.8. The maximum absolute atomic E-state index is 13.4. The Kier molecular flexibility index (Phi) is 6.83. The topological polar surface area (TPSA) is 50.7 Å². The van der Waals surface area contributed by atoms with Crippen LogP contribution in [-0.2, 0) is 13.2 Å². The van der Waals surface area contributed by atoms with E-state index in [2.05, 4.69) is 21.2 Å². The molecule has 0 aliphatic rings. The standard InChI is InChI=1S/C17H19BrFNO3/c1-22-17-8-12(2-4-15(17)19)11-23-16-5-3-14(18)9-13(16)10-20-6-7-21/h2-5,8-9,20-21H,6-7,10-11H2,1H3. The first-order valence-corrected chi connectivity index (χ1v) is 7.98. The predicted octanol–water partition coefficient (Wildman–Crippen LogP) is 3.26. The summed E-state index contributed by atoms with van der Waals surface area (Å²) in [6, 6.07) is 10.4. The number of ether oxygens (including phenoxy) is 2. The van der Waals surface area contributed by atoms with Crippen LogP contribution in [0.2, 0.25) is 0 Å². The predicted molar refractivity (Wildman–Crippen MR) is 90.2 cm³/mol. The highest BCUT2D eigenvalue weighted by Gasteiger charge is 2.07. The molecule has 0 atom stereocenters. The first kappa shape index (κ1) is 17.7. The van der Waals surface area contributed by atoms with Gasteiger partial charge in [0, 0.05) is 23.1 Å². The molecule has 0 spiro atoms. The van der Waals surface area contributed by atoms with Crippen LogP contribution in [0.3, 0.4) is 0 Å². The molecule has 0 aromatic heterocycles. The molecule has 23 heavy (non-hydrogen) atoms. The highest BCUT2D eigenvalue weighted by molar-refractivity contribution is 9.10. The van der Waals surface area contributed by atoms with Gasteiger partial charge in [-0.2, -0.15) is 0 Å². The van der Waals surface area contributed by atoms with Crippen LogP contribution in [0.15, 0.2) is 40.9 Å². The SMILES string of the molecule is COc1cc(COc2ccc(Br)cc2CNCCO)ccc1F. The van der Waals surface area contributed by atoms with E-state index in [1.807, 2.05) is 18.2 Å². The third-order valence-corrected chi connectivity index (χ3v) is 3.73. The number of nitrogens with one attached hydrogen (secondary N) is 1. The lowest BCUT2D eigenvalue weighted by molar-refractivity contribution is 0.287. The van der Waals surface area contributed by atoms with Gasteiger partial charge in [0.1, 0.15) is 12.4 Å². The molecule has 0 aliphatic heterocycles. The smallest absolute Gasteiger partial charge is 0.165 e. The minimum atomic E-state index is -0.395. The van der Waals surface area contributed by atoms with Crippen molar-refractivity contribution < 1.29 is 19.0 Å². The fraction of sp³-hybridized carbons (Fsp3) is 0.294. The Morgan fingerprint density at radius 2 is 2.00 bits per heavy atom. The molecule has 0 saturated heterocycles. The Bertz CT molecular complexity index is 652. The van der Waals surface area contributed by atoms with Crippen LogP contribution in [-0.4, -0.2) is 25.4 Å². The summed E-state index contributed by atoms with van der Waals surface area (Å²) in [7, 11) is 1.43. The zero-order valence-corrected chi connectivity index (χ0v) is 14.4. The maximum atomic E-state index is 13.4. The maximum Gasteiger partial charge on any atom is 0.165 e. The number of methoxy groups -OCH3 is 1. The Balaban J connectivity index is 2.07. The molecule has 2 N–H and O–H groups in total. The molecule has 0 fully saturated rings. The van der Waals surface area contributed by atoms with Gasteiger partial charge < -0.3 is 19.9 Å². The van der Waals surface area contributed by atoms with Gasteiger partial charge in [-0.3, -0.25) is 0 Å². The molecular weight excluding hydrogens is 365 g/mol. The van der Waals surface area contributed by atoms with E-state index in [9.17, 15) is 4.39 Å². The second kappa shape index (κ2) is 8.86. The molecule has 0 radical (unpaired) electrons. The van der Waals surface area contributed by atoms with Gasteiger partial charge >= 0.3 is 0 Å². The van der Waals surface area contributed by atoms with Crippen molar-refractivity contribution >= 4 is 15.9 Å². The fourth-order valence-electron chi connectivity index (χ4n) is 2.08. The molecule has 6 heteroatoms. The van der Waals surface area contributed by atoms with E-state index < -0.39 is 5.82 Å². The molecule has 2 aromatic carbocycles. The van der Waals surface area contributed by atoms with Crippen molar-refractivity contribution in [2.45, 2.75) is 13.2 Å². The van der Waals surface area contributed by atoms with Crippen molar-refractivity contribution in [2.75, 3.05) is 20.3 Å². The van der Waals surface area contributed by atoms with Crippen LogP contribution in [0.25, 0.3) is 0 Å². The summed E-state index contributed by atoms with van der Waals surface area (Å²) in [5.41, 5.74) is 1.79. The quantitative estimate of drug-likeness (QED) is 0.687. The van der Waals surface area contributed by atoms with Crippen LogP contribution < -0.4 is 14.8 Å². The fourth-order valence-corrected chi connectivity index (χ4v) is 2.49. The van der Waals surface area contributed by atoms with Crippen molar-refractivity contribution in [1.82, 2.24) is 5.32 Å². The normalized spacial score (nSPS) is 10.6. The molecule has 0 heterocycles. The highest BCUT2D eigenvalue weighted by Crippen LogP contribution is 2.25. The van der Waals surface area contributed by atoms with E-state index in [4.69, 9.17) is 14.6 Å².